The number of rotatable bonds is 8. The highest BCUT2D eigenvalue weighted by Crippen LogP contribution is 2.26. The fourth-order valence-electron chi connectivity index (χ4n) is 3.87. The number of benzene rings is 2. The molecule has 7 heteroatoms. The summed E-state index contributed by atoms with van der Waals surface area (Å²) < 4.78 is 5.45. The van der Waals surface area contributed by atoms with Gasteiger partial charge in [0.25, 0.3) is 0 Å². The summed E-state index contributed by atoms with van der Waals surface area (Å²) in [6.45, 7) is 14.7. The van der Waals surface area contributed by atoms with Crippen LogP contribution >= 0.6 is 0 Å². The maximum Gasteiger partial charge on any atom is 0.408 e. The van der Waals surface area contributed by atoms with Gasteiger partial charge in [-0.15, -0.1) is 0 Å². The third-order valence-corrected chi connectivity index (χ3v) is 5.22. The summed E-state index contributed by atoms with van der Waals surface area (Å²) in [5, 5.41) is 5.79. The average Bonchev–Trinajstić information content (AvgIpc) is 2.75. The Morgan fingerprint density at radius 2 is 1.39 bits per heavy atom. The molecule has 0 heterocycles. The average molecular weight is 496 g/mol. The van der Waals surface area contributed by atoms with Gasteiger partial charge in [0.2, 0.25) is 11.8 Å². The molecule has 0 radical (unpaired) electrons. The molecular weight excluding hydrogens is 454 g/mol. The number of nitrogens with zero attached hydrogens (tertiary/aromatic N) is 1. The lowest BCUT2D eigenvalue weighted by atomic mass is 9.98. The predicted octanol–water partition coefficient (Wildman–Crippen LogP) is 5.02. The van der Waals surface area contributed by atoms with E-state index in [1.54, 1.807) is 25.7 Å². The zero-order chi connectivity index (χ0) is 27.1. The minimum Gasteiger partial charge on any atom is -0.444 e. The molecule has 0 aliphatic carbocycles. The molecule has 0 aliphatic rings. The van der Waals surface area contributed by atoms with Crippen LogP contribution in [0.3, 0.4) is 0 Å². The van der Waals surface area contributed by atoms with Gasteiger partial charge < -0.3 is 20.3 Å². The van der Waals surface area contributed by atoms with E-state index in [-0.39, 0.29) is 24.3 Å². The first-order valence-corrected chi connectivity index (χ1v) is 12.4. The molecular formula is C29H41N3O4. The van der Waals surface area contributed by atoms with Gasteiger partial charge in [0.05, 0.1) is 0 Å². The van der Waals surface area contributed by atoms with Gasteiger partial charge in [-0.2, -0.15) is 0 Å². The third-order valence-electron chi connectivity index (χ3n) is 5.22. The first-order chi connectivity index (χ1) is 16.7. The summed E-state index contributed by atoms with van der Waals surface area (Å²) in [5.41, 5.74) is 0.359. The Labute approximate surface area is 215 Å². The molecule has 2 unspecified atom stereocenters. The number of nitrogens with one attached hydrogen (secondary N) is 2. The van der Waals surface area contributed by atoms with Crippen molar-refractivity contribution in [1.82, 2.24) is 15.5 Å². The van der Waals surface area contributed by atoms with Crippen molar-refractivity contribution in [3.8, 4) is 0 Å². The van der Waals surface area contributed by atoms with Crippen molar-refractivity contribution < 1.29 is 19.1 Å². The third kappa shape index (κ3) is 9.02. The van der Waals surface area contributed by atoms with Crippen molar-refractivity contribution in [3.05, 3.63) is 71.8 Å². The molecule has 0 spiro atoms. The van der Waals surface area contributed by atoms with Crippen molar-refractivity contribution >= 4 is 17.9 Å². The summed E-state index contributed by atoms with van der Waals surface area (Å²) in [6, 6.07) is 16.5. The van der Waals surface area contributed by atoms with E-state index in [0.717, 1.165) is 5.56 Å². The second-order valence-electron chi connectivity index (χ2n) is 11.3. The lowest BCUT2D eigenvalue weighted by Crippen LogP contribution is -2.57. The molecule has 0 saturated carbocycles. The largest absolute Gasteiger partial charge is 0.444 e. The van der Waals surface area contributed by atoms with Crippen LogP contribution in [-0.4, -0.2) is 46.0 Å². The van der Waals surface area contributed by atoms with E-state index in [0.29, 0.717) is 5.56 Å². The molecule has 2 atom stereocenters. The highest BCUT2D eigenvalue weighted by Gasteiger charge is 2.38. The predicted molar refractivity (Wildman–Crippen MR) is 142 cm³/mol. The molecule has 0 saturated heterocycles. The van der Waals surface area contributed by atoms with Crippen molar-refractivity contribution in [3.63, 3.8) is 0 Å². The van der Waals surface area contributed by atoms with Gasteiger partial charge in [0, 0.05) is 18.0 Å². The molecule has 196 valence electrons. The number of hydrogen-bond acceptors (Lipinski definition) is 4. The van der Waals surface area contributed by atoms with Crippen LogP contribution in [0.4, 0.5) is 4.79 Å². The van der Waals surface area contributed by atoms with Crippen LogP contribution in [0.1, 0.15) is 72.6 Å². The van der Waals surface area contributed by atoms with E-state index in [4.69, 9.17) is 4.74 Å². The van der Waals surface area contributed by atoms with Crippen molar-refractivity contribution in [2.24, 2.45) is 0 Å². The minimum absolute atomic E-state index is 0.254. The fraction of sp³-hybridized carbons (Fsp3) is 0.483. The van der Waals surface area contributed by atoms with Crippen LogP contribution in [0.15, 0.2) is 60.7 Å². The Morgan fingerprint density at radius 1 is 0.861 bits per heavy atom. The SMILES string of the molecule is CC(C)N(C(=O)C(Cc1ccccc1)NC(=O)OC(C)(C)C)C(C(=O)NC(C)(C)C)c1ccccc1. The smallest absolute Gasteiger partial charge is 0.408 e. The summed E-state index contributed by atoms with van der Waals surface area (Å²) in [7, 11) is 0. The quantitative estimate of drug-likeness (QED) is 0.539. The standard InChI is InChI=1S/C29H41N3O4/c1-20(2)32(24(22-17-13-10-14-18-22)25(33)31-28(3,4)5)26(34)23(19-21-15-11-9-12-16-21)30-27(35)36-29(6,7)8/h9-18,20,23-24H,19H2,1-8H3,(H,30,35)(H,31,33). The fourth-order valence-corrected chi connectivity index (χ4v) is 3.87. The first-order valence-electron chi connectivity index (χ1n) is 12.4. The Hall–Kier alpha value is -3.35. The molecule has 3 amide bonds. The van der Waals surface area contributed by atoms with E-state index < -0.39 is 29.3 Å². The van der Waals surface area contributed by atoms with Crippen LogP contribution in [-0.2, 0) is 20.7 Å². The Bertz CT molecular complexity index is 1010. The lowest BCUT2D eigenvalue weighted by Gasteiger charge is -2.38. The molecule has 2 aromatic carbocycles. The summed E-state index contributed by atoms with van der Waals surface area (Å²) in [4.78, 5) is 42.0. The Kier molecular flexibility index (Phi) is 9.68. The maximum absolute atomic E-state index is 14.2. The van der Waals surface area contributed by atoms with Crippen molar-refractivity contribution in [2.45, 2.75) is 91.1 Å². The highest BCUT2D eigenvalue weighted by atomic mass is 16.6. The number of carbonyl (C=O) groups is 3. The second-order valence-corrected chi connectivity index (χ2v) is 11.3. The molecule has 0 bridgehead atoms. The Balaban J connectivity index is 2.51. The second kappa shape index (κ2) is 12.1. The first kappa shape index (κ1) is 28.9. The van der Waals surface area contributed by atoms with Gasteiger partial charge in [-0.05, 0) is 66.5 Å². The lowest BCUT2D eigenvalue weighted by molar-refractivity contribution is -0.145. The molecule has 2 N–H and O–H groups in total. The maximum atomic E-state index is 14.2. The number of ether oxygens (including phenoxy) is 1. The summed E-state index contributed by atoms with van der Waals surface area (Å²) >= 11 is 0. The van der Waals surface area contributed by atoms with Gasteiger partial charge in [0.15, 0.2) is 0 Å². The molecule has 2 rings (SSSR count). The van der Waals surface area contributed by atoms with Gasteiger partial charge >= 0.3 is 6.09 Å². The Morgan fingerprint density at radius 3 is 1.86 bits per heavy atom. The van der Waals surface area contributed by atoms with Gasteiger partial charge in [0.1, 0.15) is 17.7 Å². The number of hydrogen-bond donors (Lipinski definition) is 2. The van der Waals surface area contributed by atoms with Crippen molar-refractivity contribution in [1.29, 1.82) is 0 Å². The molecule has 7 nitrogen and oxygen atoms in total. The van der Waals surface area contributed by atoms with Gasteiger partial charge in [-0.25, -0.2) is 4.79 Å². The number of amides is 3. The van der Waals surface area contributed by atoms with Crippen LogP contribution in [0.2, 0.25) is 0 Å². The summed E-state index contributed by atoms with van der Waals surface area (Å²) in [5.74, 6) is -0.649. The minimum atomic E-state index is -0.932. The molecule has 0 aromatic heterocycles. The van der Waals surface area contributed by atoms with Crippen LogP contribution in [0, 0.1) is 0 Å². The highest BCUT2D eigenvalue weighted by molar-refractivity contribution is 5.92. The molecule has 0 fully saturated rings. The number of carbonyl (C=O) groups excluding carboxylic acids is 3. The van der Waals surface area contributed by atoms with E-state index >= 15 is 0 Å². The van der Waals surface area contributed by atoms with E-state index in [1.165, 1.54) is 0 Å². The van der Waals surface area contributed by atoms with Crippen LogP contribution in [0.25, 0.3) is 0 Å². The monoisotopic (exact) mass is 495 g/mol. The van der Waals surface area contributed by atoms with E-state index in [2.05, 4.69) is 10.6 Å². The molecule has 0 aliphatic heterocycles. The van der Waals surface area contributed by atoms with Crippen molar-refractivity contribution in [2.75, 3.05) is 0 Å². The zero-order valence-corrected chi connectivity index (χ0v) is 22.8. The van der Waals surface area contributed by atoms with E-state index in [9.17, 15) is 14.4 Å². The molecule has 2 aromatic rings. The normalized spacial score (nSPS) is 13.5. The summed E-state index contributed by atoms with van der Waals surface area (Å²) in [6.07, 6.45) is -0.430. The molecule has 36 heavy (non-hydrogen) atoms. The van der Waals surface area contributed by atoms with Crippen LogP contribution < -0.4 is 10.6 Å². The van der Waals surface area contributed by atoms with Gasteiger partial charge in [-0.1, -0.05) is 60.7 Å². The topological polar surface area (TPSA) is 87.7 Å². The van der Waals surface area contributed by atoms with Gasteiger partial charge in [-0.3, -0.25) is 9.59 Å². The zero-order valence-electron chi connectivity index (χ0n) is 22.8. The van der Waals surface area contributed by atoms with E-state index in [1.807, 2.05) is 95.3 Å². The number of alkyl carbamates (subject to hydrolysis) is 1. The van der Waals surface area contributed by atoms with Crippen LogP contribution in [0.5, 0.6) is 0 Å².